The molecule has 11 nitrogen and oxygen atoms in total. The lowest BCUT2D eigenvalue weighted by atomic mass is 9.78. The van der Waals surface area contributed by atoms with Gasteiger partial charge in [-0.15, -0.1) is 0 Å². The molecule has 2 unspecified atom stereocenters. The Morgan fingerprint density at radius 1 is 0.825 bits per heavy atom. The van der Waals surface area contributed by atoms with E-state index in [-0.39, 0.29) is 30.3 Å². The van der Waals surface area contributed by atoms with Gasteiger partial charge in [-0.1, -0.05) is 26.0 Å². The summed E-state index contributed by atoms with van der Waals surface area (Å²) in [5.74, 6) is -3.38. The van der Waals surface area contributed by atoms with E-state index in [1.54, 1.807) is 0 Å². The third kappa shape index (κ3) is 12.3. The lowest BCUT2D eigenvalue weighted by Gasteiger charge is -2.31. The zero-order valence-corrected chi connectivity index (χ0v) is 25.7. The summed E-state index contributed by atoms with van der Waals surface area (Å²) >= 11 is 0. The predicted octanol–water partition coefficient (Wildman–Crippen LogP) is 3.50. The molecule has 0 aromatic rings. The number of nitrogens with one attached hydrogen (secondary N) is 1. The molecule has 0 aromatic carbocycles. The molecule has 1 fully saturated rings. The van der Waals surface area contributed by atoms with Gasteiger partial charge in [-0.3, -0.25) is 9.59 Å². The predicted molar refractivity (Wildman–Crippen MR) is 150 cm³/mol. The van der Waals surface area contributed by atoms with Crippen LogP contribution in [0, 0.1) is 11.8 Å². The van der Waals surface area contributed by atoms with E-state index >= 15 is 0 Å². The summed E-state index contributed by atoms with van der Waals surface area (Å²) in [5.41, 5.74) is 0.355. The second kappa shape index (κ2) is 18.7. The van der Waals surface area contributed by atoms with Gasteiger partial charge >= 0.3 is 26.7 Å². The zero-order valence-electron chi connectivity index (χ0n) is 24.7. The number of carbonyl (C=O) groups is 4. The van der Waals surface area contributed by atoms with E-state index in [1.165, 1.54) is 13.8 Å². The van der Waals surface area contributed by atoms with E-state index in [0.29, 0.717) is 51.7 Å². The molecule has 2 atom stereocenters. The van der Waals surface area contributed by atoms with Gasteiger partial charge in [0.2, 0.25) is 5.91 Å². The molecule has 0 aliphatic heterocycles. The van der Waals surface area contributed by atoms with Gasteiger partial charge in [-0.25, -0.2) is 9.59 Å². The molecule has 0 aromatic heterocycles. The lowest BCUT2D eigenvalue weighted by Crippen LogP contribution is -2.47. The molecular weight excluding hydrogens is 538 g/mol. The van der Waals surface area contributed by atoms with Crippen molar-refractivity contribution in [3.8, 4) is 0 Å². The highest BCUT2D eigenvalue weighted by Crippen LogP contribution is 2.32. The molecule has 12 heteroatoms. The van der Waals surface area contributed by atoms with E-state index in [2.05, 4.69) is 18.5 Å². The Hall–Kier alpha value is -2.54. The molecule has 40 heavy (non-hydrogen) atoms. The summed E-state index contributed by atoms with van der Waals surface area (Å²) < 4.78 is 33.5. The van der Waals surface area contributed by atoms with E-state index in [0.717, 1.165) is 12.8 Å². The van der Waals surface area contributed by atoms with E-state index in [4.69, 9.17) is 27.5 Å². The van der Waals surface area contributed by atoms with Crippen molar-refractivity contribution in [2.45, 2.75) is 78.9 Å². The van der Waals surface area contributed by atoms with Crippen molar-refractivity contribution < 1.29 is 46.7 Å². The minimum absolute atomic E-state index is 0.178. The maximum atomic E-state index is 13.2. The van der Waals surface area contributed by atoms with Gasteiger partial charge in [0.05, 0.1) is 11.8 Å². The van der Waals surface area contributed by atoms with Gasteiger partial charge in [-0.05, 0) is 53.9 Å². The Morgan fingerprint density at radius 2 is 1.30 bits per heavy atom. The molecule has 1 amide bonds. The van der Waals surface area contributed by atoms with Crippen molar-refractivity contribution in [2.75, 3.05) is 39.6 Å². The van der Waals surface area contributed by atoms with E-state index < -0.39 is 44.7 Å². The Kier molecular flexibility index (Phi) is 16.6. The Morgan fingerprint density at radius 3 is 1.75 bits per heavy atom. The van der Waals surface area contributed by atoms with Crippen LogP contribution < -0.4 is 5.32 Å². The largest absolute Gasteiger partial charge is 0.500 e. The second-order valence-electron chi connectivity index (χ2n) is 9.69. The lowest BCUT2D eigenvalue weighted by molar-refractivity contribution is -0.170. The summed E-state index contributed by atoms with van der Waals surface area (Å²) in [5, 5.41) is 2.95. The van der Waals surface area contributed by atoms with Gasteiger partial charge < -0.3 is 32.8 Å². The van der Waals surface area contributed by atoms with E-state index in [9.17, 15) is 19.2 Å². The molecule has 1 saturated carbocycles. The van der Waals surface area contributed by atoms with Crippen LogP contribution in [0.3, 0.4) is 0 Å². The van der Waals surface area contributed by atoms with Crippen LogP contribution in [0.4, 0.5) is 0 Å². The number of esters is 3. The SMILES string of the molecule is C=C(C)C(=O)OCC(COC(=O)C(=C)C)OC(=O)C1CCCCC1C(=O)NCCC[Si](OCC)(OCC)OCC. The van der Waals surface area contributed by atoms with Crippen LogP contribution in [-0.2, 0) is 46.7 Å². The van der Waals surface area contributed by atoms with Crippen LogP contribution >= 0.6 is 0 Å². The van der Waals surface area contributed by atoms with E-state index in [1.807, 2.05) is 20.8 Å². The summed E-state index contributed by atoms with van der Waals surface area (Å²) in [6.45, 7) is 16.9. The van der Waals surface area contributed by atoms with Crippen LogP contribution in [0.15, 0.2) is 24.3 Å². The number of carbonyl (C=O) groups excluding carboxylic acids is 4. The Balaban J connectivity index is 2.80. The standard InChI is InChI=1S/C28H47NO10Si/c1-8-36-40(37-9-2,38-10-3)17-13-16-29-25(30)23-14-11-12-15-24(23)28(33)39-22(18-34-26(31)20(4)5)19-35-27(32)21(6)7/h22-24H,4,6,8-19H2,1-3,5,7H3,(H,29,30). The Labute approximate surface area is 239 Å². The van der Waals surface area contributed by atoms with Gasteiger partial charge in [0.15, 0.2) is 6.10 Å². The smallest absolute Gasteiger partial charge is 0.458 e. The quantitative estimate of drug-likeness (QED) is 0.0789. The van der Waals surface area contributed by atoms with Gasteiger partial charge in [-0.2, -0.15) is 0 Å². The average molecular weight is 586 g/mol. The summed E-state index contributed by atoms with van der Waals surface area (Å²) in [4.78, 5) is 50.0. The molecular formula is C28H47NO10Si. The number of rotatable bonds is 19. The third-order valence-electron chi connectivity index (χ3n) is 6.24. The number of amides is 1. The number of hydrogen-bond acceptors (Lipinski definition) is 10. The van der Waals surface area contributed by atoms with Crippen molar-refractivity contribution in [1.29, 1.82) is 0 Å². The molecule has 1 aliphatic rings. The summed E-state index contributed by atoms with van der Waals surface area (Å²) in [6, 6.07) is 0.562. The van der Waals surface area contributed by atoms with Crippen molar-refractivity contribution >= 4 is 32.6 Å². The van der Waals surface area contributed by atoms with Crippen LogP contribution in [0.2, 0.25) is 6.04 Å². The van der Waals surface area contributed by atoms with Gasteiger partial charge in [0.1, 0.15) is 13.2 Å². The minimum Gasteiger partial charge on any atom is -0.458 e. The molecule has 1 aliphatic carbocycles. The fourth-order valence-corrected chi connectivity index (χ4v) is 6.94. The highest BCUT2D eigenvalue weighted by Gasteiger charge is 2.40. The van der Waals surface area contributed by atoms with Gasteiger partial charge in [0, 0.05) is 43.6 Å². The third-order valence-corrected chi connectivity index (χ3v) is 9.39. The van der Waals surface area contributed by atoms with Gasteiger partial charge in [0.25, 0.3) is 0 Å². The molecule has 0 bridgehead atoms. The van der Waals surface area contributed by atoms with Crippen LogP contribution in [-0.4, -0.2) is 78.3 Å². The summed E-state index contributed by atoms with van der Waals surface area (Å²) in [6.07, 6.45) is 2.17. The summed E-state index contributed by atoms with van der Waals surface area (Å²) in [7, 11) is -2.81. The van der Waals surface area contributed by atoms with Crippen molar-refractivity contribution in [1.82, 2.24) is 5.32 Å². The maximum Gasteiger partial charge on any atom is 0.500 e. The first-order valence-electron chi connectivity index (χ1n) is 14.0. The molecule has 0 radical (unpaired) electrons. The monoisotopic (exact) mass is 585 g/mol. The van der Waals surface area contributed by atoms with Crippen LogP contribution in [0.1, 0.15) is 66.7 Å². The normalized spacial score (nSPS) is 17.1. The average Bonchev–Trinajstić information content (AvgIpc) is 2.92. The first-order chi connectivity index (χ1) is 19.0. The first kappa shape index (κ1) is 35.5. The fourth-order valence-electron chi connectivity index (χ4n) is 4.33. The molecule has 228 valence electrons. The number of hydrogen-bond donors (Lipinski definition) is 1. The molecule has 1 rings (SSSR count). The van der Waals surface area contributed by atoms with Crippen LogP contribution in [0.25, 0.3) is 0 Å². The fraction of sp³-hybridized carbons (Fsp3) is 0.714. The van der Waals surface area contributed by atoms with Crippen molar-refractivity contribution in [3.63, 3.8) is 0 Å². The van der Waals surface area contributed by atoms with Crippen LogP contribution in [0.5, 0.6) is 0 Å². The van der Waals surface area contributed by atoms with Crippen molar-refractivity contribution in [2.24, 2.45) is 11.8 Å². The zero-order chi connectivity index (χ0) is 30.1. The first-order valence-corrected chi connectivity index (χ1v) is 16.0. The highest BCUT2D eigenvalue weighted by molar-refractivity contribution is 6.60. The minimum atomic E-state index is -2.81. The maximum absolute atomic E-state index is 13.2. The molecule has 1 N–H and O–H groups in total. The second-order valence-corrected chi connectivity index (χ2v) is 12.4. The van der Waals surface area contributed by atoms with Crippen molar-refractivity contribution in [3.05, 3.63) is 24.3 Å². The molecule has 0 saturated heterocycles. The highest BCUT2D eigenvalue weighted by atomic mass is 28.4. The Bertz CT molecular complexity index is 830. The molecule has 0 spiro atoms. The topological polar surface area (TPSA) is 136 Å². The number of ether oxygens (including phenoxy) is 3. The molecule has 0 heterocycles.